The van der Waals surface area contributed by atoms with Crippen molar-refractivity contribution in [3.05, 3.63) is 66.0 Å². The van der Waals surface area contributed by atoms with Gasteiger partial charge in [0.2, 0.25) is 5.91 Å². The van der Waals surface area contributed by atoms with Crippen molar-refractivity contribution in [2.24, 2.45) is 0 Å². The fourth-order valence-corrected chi connectivity index (χ4v) is 4.83. The zero-order valence-corrected chi connectivity index (χ0v) is 22.2. The first-order valence-corrected chi connectivity index (χ1v) is 13.1. The fraction of sp³-hybridized carbons (Fsp3) is 0.379. The van der Waals surface area contributed by atoms with Crippen LogP contribution in [0.2, 0.25) is 0 Å². The van der Waals surface area contributed by atoms with E-state index >= 15 is 0 Å². The molecule has 1 aliphatic carbocycles. The number of halogens is 1. The van der Waals surface area contributed by atoms with Crippen molar-refractivity contribution < 1.29 is 23.5 Å². The first-order chi connectivity index (χ1) is 19.0. The number of benzene rings is 2. The third-order valence-electron chi connectivity index (χ3n) is 7.13. The number of hydrogen-bond acceptors (Lipinski definition) is 7. The van der Waals surface area contributed by atoms with Crippen LogP contribution in [0.15, 0.2) is 54.6 Å². The predicted octanol–water partition coefficient (Wildman–Crippen LogP) is 3.64. The Labute approximate surface area is 227 Å². The number of carbonyl (C=O) groups excluding carboxylic acids is 2. The zero-order valence-electron chi connectivity index (χ0n) is 22.2. The van der Waals surface area contributed by atoms with Gasteiger partial charge < -0.3 is 24.2 Å². The summed E-state index contributed by atoms with van der Waals surface area (Å²) in [6.45, 7) is 2.45. The van der Waals surface area contributed by atoms with E-state index in [1.165, 1.54) is 18.2 Å². The van der Waals surface area contributed by atoms with E-state index in [0.29, 0.717) is 36.8 Å². The van der Waals surface area contributed by atoms with Gasteiger partial charge in [-0.05, 0) is 61.7 Å². The standard InChI is InChI=1S/C29H32FN5O4/c1-38-23-9-10-24(26(18-23)39-2)25-11-12-27(32-31-25)33-13-4-14-34(16-15-33)28(36)19-35(22-7-8-22)29(37)20-5-3-6-21(30)17-20/h3,5-6,9-12,17-18,22H,4,7-8,13-16,19H2,1-2H3. The summed E-state index contributed by atoms with van der Waals surface area (Å²) >= 11 is 0. The quantitative estimate of drug-likeness (QED) is 0.437. The minimum Gasteiger partial charge on any atom is -0.497 e. The Morgan fingerprint density at radius 1 is 0.974 bits per heavy atom. The van der Waals surface area contributed by atoms with Crippen molar-refractivity contribution in [3.8, 4) is 22.8 Å². The Bertz CT molecular complexity index is 1330. The van der Waals surface area contributed by atoms with Crippen LogP contribution >= 0.6 is 0 Å². The van der Waals surface area contributed by atoms with Crippen LogP contribution in [-0.4, -0.2) is 84.8 Å². The first kappa shape index (κ1) is 26.4. The molecule has 9 nitrogen and oxygen atoms in total. The Morgan fingerprint density at radius 2 is 1.82 bits per heavy atom. The van der Waals surface area contributed by atoms with Gasteiger partial charge in [-0.3, -0.25) is 9.59 Å². The highest BCUT2D eigenvalue weighted by Gasteiger charge is 2.35. The summed E-state index contributed by atoms with van der Waals surface area (Å²) in [5.41, 5.74) is 1.78. The van der Waals surface area contributed by atoms with Crippen LogP contribution in [0, 0.1) is 5.82 Å². The Kier molecular flexibility index (Phi) is 7.90. The molecule has 2 heterocycles. The minimum absolute atomic E-state index is 0.00178. The van der Waals surface area contributed by atoms with Crippen molar-refractivity contribution in [1.82, 2.24) is 20.0 Å². The van der Waals surface area contributed by atoms with Crippen LogP contribution in [0.3, 0.4) is 0 Å². The molecule has 10 heteroatoms. The van der Waals surface area contributed by atoms with E-state index in [9.17, 15) is 14.0 Å². The Morgan fingerprint density at radius 3 is 2.51 bits per heavy atom. The summed E-state index contributed by atoms with van der Waals surface area (Å²) in [5, 5.41) is 8.88. The molecule has 1 saturated carbocycles. The molecule has 0 radical (unpaired) electrons. The summed E-state index contributed by atoms with van der Waals surface area (Å²) in [6, 6.07) is 15.1. The lowest BCUT2D eigenvalue weighted by molar-refractivity contribution is -0.131. The second-order valence-corrected chi connectivity index (χ2v) is 9.74. The molecule has 5 rings (SSSR count). The Hall–Kier alpha value is -4.21. The average Bonchev–Trinajstić information content (AvgIpc) is 3.83. The highest BCUT2D eigenvalue weighted by Crippen LogP contribution is 2.32. The van der Waals surface area contributed by atoms with Crippen molar-refractivity contribution in [2.75, 3.05) is 51.8 Å². The molecule has 1 aromatic heterocycles. The van der Waals surface area contributed by atoms with Crippen LogP contribution in [0.1, 0.15) is 29.6 Å². The largest absolute Gasteiger partial charge is 0.497 e. The number of rotatable bonds is 8. The lowest BCUT2D eigenvalue weighted by Crippen LogP contribution is -2.45. The van der Waals surface area contributed by atoms with Gasteiger partial charge in [0.1, 0.15) is 23.9 Å². The van der Waals surface area contributed by atoms with E-state index in [0.717, 1.165) is 37.2 Å². The van der Waals surface area contributed by atoms with Gasteiger partial charge in [0.15, 0.2) is 5.82 Å². The summed E-state index contributed by atoms with van der Waals surface area (Å²) < 4.78 is 24.4. The highest BCUT2D eigenvalue weighted by molar-refractivity contribution is 5.97. The van der Waals surface area contributed by atoms with Crippen LogP contribution < -0.4 is 14.4 Å². The molecular weight excluding hydrogens is 501 g/mol. The van der Waals surface area contributed by atoms with Crippen molar-refractivity contribution in [3.63, 3.8) is 0 Å². The van der Waals surface area contributed by atoms with E-state index in [-0.39, 0.29) is 30.0 Å². The maximum atomic E-state index is 13.7. The van der Waals surface area contributed by atoms with E-state index in [4.69, 9.17) is 9.47 Å². The Balaban J connectivity index is 1.22. The third-order valence-corrected chi connectivity index (χ3v) is 7.13. The molecule has 1 aliphatic heterocycles. The number of carbonyl (C=O) groups is 2. The molecule has 0 bridgehead atoms. The fourth-order valence-electron chi connectivity index (χ4n) is 4.83. The van der Waals surface area contributed by atoms with Crippen LogP contribution in [0.4, 0.5) is 10.2 Å². The monoisotopic (exact) mass is 533 g/mol. The molecule has 2 aliphatic rings. The van der Waals surface area contributed by atoms with E-state index < -0.39 is 5.82 Å². The van der Waals surface area contributed by atoms with Gasteiger partial charge >= 0.3 is 0 Å². The molecule has 39 heavy (non-hydrogen) atoms. The van der Waals surface area contributed by atoms with Crippen molar-refractivity contribution in [2.45, 2.75) is 25.3 Å². The molecule has 1 saturated heterocycles. The first-order valence-electron chi connectivity index (χ1n) is 13.1. The summed E-state index contributed by atoms with van der Waals surface area (Å²) in [5.74, 6) is 1.22. The molecule has 0 atom stereocenters. The molecule has 2 fully saturated rings. The molecule has 2 aromatic carbocycles. The van der Waals surface area contributed by atoms with E-state index in [1.807, 2.05) is 24.3 Å². The van der Waals surface area contributed by atoms with Crippen LogP contribution in [0.25, 0.3) is 11.3 Å². The van der Waals surface area contributed by atoms with Gasteiger partial charge in [-0.15, -0.1) is 10.2 Å². The van der Waals surface area contributed by atoms with Gasteiger partial charge in [0.05, 0.1) is 19.9 Å². The van der Waals surface area contributed by atoms with Crippen LogP contribution in [-0.2, 0) is 4.79 Å². The molecule has 2 amide bonds. The smallest absolute Gasteiger partial charge is 0.254 e. The maximum Gasteiger partial charge on any atom is 0.254 e. The molecule has 204 valence electrons. The van der Waals surface area contributed by atoms with Gasteiger partial charge in [0.25, 0.3) is 5.91 Å². The molecular formula is C29H32FN5O4. The lowest BCUT2D eigenvalue weighted by Gasteiger charge is -2.27. The second-order valence-electron chi connectivity index (χ2n) is 9.74. The van der Waals surface area contributed by atoms with E-state index in [1.54, 1.807) is 36.2 Å². The third kappa shape index (κ3) is 6.10. The van der Waals surface area contributed by atoms with Gasteiger partial charge in [-0.1, -0.05) is 6.07 Å². The number of anilines is 1. The number of methoxy groups -OCH3 is 2. The van der Waals surface area contributed by atoms with Crippen LogP contribution in [0.5, 0.6) is 11.5 Å². The number of ether oxygens (including phenoxy) is 2. The number of hydrogen-bond donors (Lipinski definition) is 0. The second kappa shape index (κ2) is 11.7. The average molecular weight is 534 g/mol. The highest BCUT2D eigenvalue weighted by atomic mass is 19.1. The molecule has 0 N–H and O–H groups in total. The van der Waals surface area contributed by atoms with Gasteiger partial charge in [-0.2, -0.15) is 0 Å². The predicted molar refractivity (Wildman–Crippen MR) is 144 cm³/mol. The zero-order chi connectivity index (χ0) is 27.4. The van der Waals surface area contributed by atoms with Crippen molar-refractivity contribution in [1.29, 1.82) is 0 Å². The summed E-state index contributed by atoms with van der Waals surface area (Å²) in [4.78, 5) is 31.8. The number of aromatic nitrogens is 2. The van der Waals surface area contributed by atoms with Gasteiger partial charge in [0, 0.05) is 49.4 Å². The van der Waals surface area contributed by atoms with E-state index in [2.05, 4.69) is 15.1 Å². The van der Waals surface area contributed by atoms with Gasteiger partial charge in [-0.25, -0.2) is 4.39 Å². The number of nitrogens with zero attached hydrogens (tertiary/aromatic N) is 5. The SMILES string of the molecule is COc1ccc(-c2ccc(N3CCCN(C(=O)CN(C(=O)c4cccc(F)c4)C4CC4)CC3)nn2)c(OC)c1. The molecule has 0 unspecified atom stereocenters. The summed E-state index contributed by atoms with van der Waals surface area (Å²) in [6.07, 6.45) is 2.49. The normalized spacial score (nSPS) is 15.5. The minimum atomic E-state index is -0.463. The number of amides is 2. The molecule has 0 spiro atoms. The maximum absolute atomic E-state index is 13.7. The molecule has 3 aromatic rings. The summed E-state index contributed by atoms with van der Waals surface area (Å²) in [7, 11) is 3.21. The van der Waals surface area contributed by atoms with Crippen molar-refractivity contribution >= 4 is 17.6 Å². The lowest BCUT2D eigenvalue weighted by atomic mass is 10.1. The topological polar surface area (TPSA) is 88.1 Å².